The Balaban J connectivity index is 1.90. The minimum absolute atomic E-state index is 0.146. The SMILES string of the molecule is CC1=CC2OC3C[C@@H](O)C=CC3C(=O)C2C=C1. The van der Waals surface area contributed by atoms with Crippen molar-refractivity contribution in [1.82, 2.24) is 0 Å². The third-order valence-electron chi connectivity index (χ3n) is 3.75. The van der Waals surface area contributed by atoms with Gasteiger partial charge in [0, 0.05) is 6.42 Å². The zero-order valence-electron chi connectivity index (χ0n) is 9.74. The molecule has 0 aromatic heterocycles. The lowest BCUT2D eigenvalue weighted by atomic mass is 9.76. The zero-order valence-corrected chi connectivity index (χ0v) is 9.74. The Morgan fingerprint density at radius 3 is 2.94 bits per heavy atom. The van der Waals surface area contributed by atoms with Gasteiger partial charge >= 0.3 is 0 Å². The highest BCUT2D eigenvalue weighted by Gasteiger charge is 2.44. The molecule has 1 aliphatic heterocycles. The molecule has 3 nitrogen and oxygen atoms in total. The van der Waals surface area contributed by atoms with E-state index >= 15 is 0 Å². The van der Waals surface area contributed by atoms with Crippen molar-refractivity contribution in [3.8, 4) is 0 Å². The molecule has 0 amide bonds. The standard InChI is InChI=1S/C14H16O3/c1-8-2-4-10-12(6-8)17-13-7-9(15)3-5-11(13)14(10)16/h2-6,9-13,15H,7H2,1H3/t9-,10?,11?,12?,13?/m0/s1. The number of carbonyl (C=O) groups is 1. The number of rotatable bonds is 0. The van der Waals surface area contributed by atoms with Crippen molar-refractivity contribution in [3.63, 3.8) is 0 Å². The van der Waals surface area contributed by atoms with Gasteiger partial charge in [-0.3, -0.25) is 4.79 Å². The van der Waals surface area contributed by atoms with Crippen LogP contribution in [0.2, 0.25) is 0 Å². The van der Waals surface area contributed by atoms with Crippen LogP contribution in [-0.2, 0) is 9.53 Å². The smallest absolute Gasteiger partial charge is 0.152 e. The quantitative estimate of drug-likeness (QED) is 0.642. The number of hydrogen-bond acceptors (Lipinski definition) is 3. The molecule has 90 valence electrons. The van der Waals surface area contributed by atoms with Crippen LogP contribution in [0.1, 0.15) is 13.3 Å². The molecule has 1 fully saturated rings. The molecule has 0 aromatic rings. The third kappa shape index (κ3) is 1.79. The van der Waals surface area contributed by atoms with E-state index in [0.717, 1.165) is 5.57 Å². The Labute approximate surface area is 100 Å². The molecule has 4 unspecified atom stereocenters. The lowest BCUT2D eigenvalue weighted by Crippen LogP contribution is -2.49. The minimum atomic E-state index is -0.482. The monoisotopic (exact) mass is 232 g/mol. The maximum absolute atomic E-state index is 12.3. The predicted molar refractivity (Wildman–Crippen MR) is 63.3 cm³/mol. The maximum Gasteiger partial charge on any atom is 0.152 e. The molecule has 1 N–H and O–H groups in total. The van der Waals surface area contributed by atoms with E-state index in [-0.39, 0.29) is 29.8 Å². The average Bonchev–Trinajstić information content (AvgIpc) is 2.28. The highest BCUT2D eigenvalue weighted by molar-refractivity contribution is 5.89. The Hall–Kier alpha value is -1.19. The van der Waals surface area contributed by atoms with Gasteiger partial charge in [-0.05, 0) is 6.92 Å². The van der Waals surface area contributed by atoms with E-state index in [9.17, 15) is 9.90 Å². The van der Waals surface area contributed by atoms with Gasteiger partial charge < -0.3 is 9.84 Å². The second-order valence-electron chi connectivity index (χ2n) is 5.05. The van der Waals surface area contributed by atoms with Crippen LogP contribution in [0.5, 0.6) is 0 Å². The number of fused-ring (bicyclic) bond motifs is 2. The highest BCUT2D eigenvalue weighted by atomic mass is 16.5. The molecule has 0 bridgehead atoms. The second-order valence-corrected chi connectivity index (χ2v) is 5.05. The minimum Gasteiger partial charge on any atom is -0.389 e. The van der Waals surface area contributed by atoms with Crippen LogP contribution in [0, 0.1) is 11.8 Å². The zero-order chi connectivity index (χ0) is 12.0. The Morgan fingerprint density at radius 2 is 2.12 bits per heavy atom. The van der Waals surface area contributed by atoms with Crippen LogP contribution in [-0.4, -0.2) is 29.2 Å². The average molecular weight is 232 g/mol. The summed E-state index contributed by atoms with van der Waals surface area (Å²) in [5, 5.41) is 9.57. The molecule has 3 rings (SSSR count). The fraction of sp³-hybridized carbons (Fsp3) is 0.500. The summed E-state index contributed by atoms with van der Waals surface area (Å²) in [5.41, 5.74) is 1.13. The van der Waals surface area contributed by atoms with Gasteiger partial charge in [-0.25, -0.2) is 0 Å². The first-order chi connectivity index (χ1) is 8.15. The third-order valence-corrected chi connectivity index (χ3v) is 3.75. The molecule has 3 heteroatoms. The molecule has 0 saturated carbocycles. The number of ether oxygens (including phenoxy) is 1. The highest BCUT2D eigenvalue weighted by Crippen LogP contribution is 2.36. The largest absolute Gasteiger partial charge is 0.389 e. The lowest BCUT2D eigenvalue weighted by molar-refractivity contribution is -0.148. The maximum atomic E-state index is 12.3. The molecule has 3 aliphatic rings. The Morgan fingerprint density at radius 1 is 1.29 bits per heavy atom. The number of aliphatic hydroxyl groups is 1. The van der Waals surface area contributed by atoms with Crippen LogP contribution in [0.15, 0.2) is 36.0 Å². The summed E-state index contributed by atoms with van der Waals surface area (Å²) in [6, 6.07) is 0. The normalized spacial score (nSPS) is 44.0. The van der Waals surface area contributed by atoms with Crippen LogP contribution < -0.4 is 0 Å². The molecular formula is C14H16O3. The Kier molecular flexibility index (Phi) is 2.53. The molecule has 1 saturated heterocycles. The van der Waals surface area contributed by atoms with Crippen molar-refractivity contribution in [3.05, 3.63) is 36.0 Å². The summed E-state index contributed by atoms with van der Waals surface area (Å²) in [7, 11) is 0. The van der Waals surface area contributed by atoms with Crippen molar-refractivity contribution in [1.29, 1.82) is 0 Å². The number of ketones is 1. The molecule has 2 aliphatic carbocycles. The first-order valence-corrected chi connectivity index (χ1v) is 6.07. The van der Waals surface area contributed by atoms with E-state index in [1.54, 1.807) is 12.2 Å². The predicted octanol–water partition coefficient (Wildman–Crippen LogP) is 1.39. The van der Waals surface area contributed by atoms with Crippen LogP contribution in [0.3, 0.4) is 0 Å². The summed E-state index contributed by atoms with van der Waals surface area (Å²) in [5.74, 6) is -0.120. The first-order valence-electron chi connectivity index (χ1n) is 6.07. The van der Waals surface area contributed by atoms with Crippen molar-refractivity contribution >= 4 is 5.78 Å². The first kappa shape index (κ1) is 10.9. The summed E-state index contributed by atoms with van der Waals surface area (Å²) in [4.78, 5) is 12.3. The summed E-state index contributed by atoms with van der Waals surface area (Å²) >= 11 is 0. The van der Waals surface area contributed by atoms with Crippen LogP contribution >= 0.6 is 0 Å². The molecule has 1 heterocycles. The van der Waals surface area contributed by atoms with E-state index in [2.05, 4.69) is 0 Å². The lowest BCUT2D eigenvalue weighted by Gasteiger charge is -2.41. The summed E-state index contributed by atoms with van der Waals surface area (Å²) in [6.07, 6.45) is 9.15. The molecule has 0 aromatic carbocycles. The second kappa shape index (κ2) is 3.93. The van der Waals surface area contributed by atoms with Gasteiger partial charge in [0.1, 0.15) is 0 Å². The topological polar surface area (TPSA) is 46.5 Å². The summed E-state index contributed by atoms with van der Waals surface area (Å²) in [6.45, 7) is 2.00. The molecular weight excluding hydrogens is 216 g/mol. The van der Waals surface area contributed by atoms with Gasteiger partial charge in [-0.2, -0.15) is 0 Å². The van der Waals surface area contributed by atoms with Crippen LogP contribution in [0.4, 0.5) is 0 Å². The van der Waals surface area contributed by atoms with Crippen molar-refractivity contribution < 1.29 is 14.6 Å². The molecule has 17 heavy (non-hydrogen) atoms. The van der Waals surface area contributed by atoms with Gasteiger partial charge in [0.05, 0.1) is 30.1 Å². The number of carbonyl (C=O) groups excluding carboxylic acids is 1. The van der Waals surface area contributed by atoms with Gasteiger partial charge in [-0.15, -0.1) is 0 Å². The molecule has 5 atom stereocenters. The van der Waals surface area contributed by atoms with E-state index in [1.165, 1.54) is 0 Å². The number of Topliss-reactive ketones (excluding diaryl/α,β-unsaturated/α-hetero) is 1. The summed E-state index contributed by atoms with van der Waals surface area (Å²) < 4.78 is 5.95. The van der Waals surface area contributed by atoms with Gasteiger partial charge in [0.25, 0.3) is 0 Å². The fourth-order valence-electron chi connectivity index (χ4n) is 2.84. The van der Waals surface area contributed by atoms with Gasteiger partial charge in [-0.1, -0.05) is 36.0 Å². The van der Waals surface area contributed by atoms with Crippen molar-refractivity contribution in [2.75, 3.05) is 0 Å². The van der Waals surface area contributed by atoms with E-state index in [0.29, 0.717) is 6.42 Å². The van der Waals surface area contributed by atoms with Crippen molar-refractivity contribution in [2.45, 2.75) is 31.7 Å². The molecule has 0 spiro atoms. The number of allylic oxidation sites excluding steroid dienone is 2. The van der Waals surface area contributed by atoms with E-state index in [4.69, 9.17) is 4.74 Å². The van der Waals surface area contributed by atoms with E-state index < -0.39 is 6.10 Å². The van der Waals surface area contributed by atoms with Gasteiger partial charge in [0.2, 0.25) is 0 Å². The fourth-order valence-corrected chi connectivity index (χ4v) is 2.84. The van der Waals surface area contributed by atoms with E-state index in [1.807, 2.05) is 25.2 Å². The van der Waals surface area contributed by atoms with Gasteiger partial charge in [0.15, 0.2) is 5.78 Å². The molecule has 0 radical (unpaired) electrons. The Bertz CT molecular complexity index is 429. The van der Waals surface area contributed by atoms with Crippen molar-refractivity contribution in [2.24, 2.45) is 11.8 Å². The van der Waals surface area contributed by atoms with Crippen LogP contribution in [0.25, 0.3) is 0 Å². The number of aliphatic hydroxyl groups excluding tert-OH is 1. The number of hydrogen-bond donors (Lipinski definition) is 1.